The highest BCUT2D eigenvalue weighted by molar-refractivity contribution is 5.94. The zero-order valence-electron chi connectivity index (χ0n) is 18.1. The van der Waals surface area contributed by atoms with Crippen molar-refractivity contribution in [2.24, 2.45) is 0 Å². The molecule has 0 bridgehead atoms. The highest BCUT2D eigenvalue weighted by Crippen LogP contribution is 2.23. The number of anilines is 1. The maximum Gasteiger partial charge on any atom is 0.247 e. The Labute approximate surface area is 177 Å². The van der Waals surface area contributed by atoms with Crippen LogP contribution < -0.4 is 10.2 Å². The minimum atomic E-state index is -0.298. The highest BCUT2D eigenvalue weighted by atomic mass is 16.2. The van der Waals surface area contributed by atoms with Crippen LogP contribution in [0.3, 0.4) is 0 Å². The average molecular weight is 407 g/mol. The van der Waals surface area contributed by atoms with E-state index in [0.717, 1.165) is 23.1 Å². The summed E-state index contributed by atoms with van der Waals surface area (Å²) in [6.45, 7) is 8.04. The van der Waals surface area contributed by atoms with Crippen molar-refractivity contribution in [3.8, 4) is 0 Å². The number of nitrogens with one attached hydrogen (secondary N) is 1. The lowest BCUT2D eigenvalue weighted by molar-refractivity contribution is -0.121. The number of imidazole rings is 1. The van der Waals surface area contributed by atoms with Gasteiger partial charge in [-0.25, -0.2) is 4.98 Å². The van der Waals surface area contributed by atoms with Gasteiger partial charge in [-0.15, -0.1) is 0 Å². The molecule has 0 aliphatic carbocycles. The molecule has 2 aromatic carbocycles. The van der Waals surface area contributed by atoms with Crippen molar-refractivity contribution < 1.29 is 9.59 Å². The van der Waals surface area contributed by atoms with Gasteiger partial charge in [-0.3, -0.25) is 9.59 Å². The maximum absolute atomic E-state index is 13.4. The molecule has 0 aliphatic heterocycles. The average Bonchev–Trinajstić information content (AvgIpc) is 3.07. The molecule has 1 N–H and O–H groups in total. The van der Waals surface area contributed by atoms with Gasteiger partial charge in [-0.2, -0.15) is 0 Å². The molecule has 2 amide bonds. The smallest absolute Gasteiger partial charge is 0.247 e. The first kappa shape index (κ1) is 21.6. The molecule has 1 aromatic heterocycles. The molecule has 0 aliphatic rings. The van der Waals surface area contributed by atoms with E-state index in [1.165, 1.54) is 0 Å². The zero-order valence-corrected chi connectivity index (χ0v) is 18.1. The minimum absolute atomic E-state index is 0.0111. The molecule has 0 radical (unpaired) electrons. The van der Waals surface area contributed by atoms with Crippen molar-refractivity contribution >= 4 is 28.5 Å². The molecule has 1 heterocycles. The van der Waals surface area contributed by atoms with E-state index in [2.05, 4.69) is 5.32 Å². The quantitative estimate of drug-likeness (QED) is 0.601. The van der Waals surface area contributed by atoms with Crippen LogP contribution in [-0.4, -0.2) is 27.4 Å². The van der Waals surface area contributed by atoms with Gasteiger partial charge >= 0.3 is 0 Å². The fourth-order valence-electron chi connectivity index (χ4n) is 3.73. The number of aromatic nitrogens is 2. The molecule has 1 atom stereocenters. The van der Waals surface area contributed by atoms with Gasteiger partial charge in [0, 0.05) is 18.2 Å². The first-order valence-corrected chi connectivity index (χ1v) is 10.5. The first-order chi connectivity index (χ1) is 14.4. The number of hydrogen-bond donors (Lipinski definition) is 1. The predicted octanol–water partition coefficient (Wildman–Crippen LogP) is 4.46. The van der Waals surface area contributed by atoms with Crippen LogP contribution in [0.4, 0.5) is 5.69 Å². The minimum Gasteiger partial charge on any atom is -0.346 e. The molecule has 0 saturated heterocycles. The van der Waals surface area contributed by atoms with E-state index in [1.807, 2.05) is 86.9 Å². The summed E-state index contributed by atoms with van der Waals surface area (Å²) in [6.07, 6.45) is 1.26. The Morgan fingerprint density at radius 3 is 2.37 bits per heavy atom. The molecule has 0 fully saturated rings. The standard InChI is InChI=1S/C24H30N4O2/c1-5-11-22(29)25-18(4)24-26-20-14-9-10-15-21(20)27(24)16-23(30)28(17(2)3)19-12-7-6-8-13-19/h6-10,12-15,17-18H,5,11,16H2,1-4H3,(H,25,29). The lowest BCUT2D eigenvalue weighted by Gasteiger charge is -2.28. The summed E-state index contributed by atoms with van der Waals surface area (Å²) < 4.78 is 1.92. The van der Waals surface area contributed by atoms with Gasteiger partial charge in [0.1, 0.15) is 12.4 Å². The second-order valence-corrected chi connectivity index (χ2v) is 7.78. The van der Waals surface area contributed by atoms with Crippen molar-refractivity contribution in [2.75, 3.05) is 4.90 Å². The largest absolute Gasteiger partial charge is 0.346 e. The molecule has 3 aromatic rings. The lowest BCUT2D eigenvalue weighted by atomic mass is 10.2. The first-order valence-electron chi connectivity index (χ1n) is 10.5. The van der Waals surface area contributed by atoms with Crippen molar-refractivity contribution in [1.82, 2.24) is 14.9 Å². The predicted molar refractivity (Wildman–Crippen MR) is 120 cm³/mol. The molecular weight excluding hydrogens is 376 g/mol. The Bertz CT molecular complexity index is 1010. The lowest BCUT2D eigenvalue weighted by Crippen LogP contribution is -2.40. The van der Waals surface area contributed by atoms with Crippen LogP contribution >= 0.6 is 0 Å². The molecule has 30 heavy (non-hydrogen) atoms. The number of carbonyl (C=O) groups is 2. The SMILES string of the molecule is CCCC(=O)NC(C)c1nc2ccccc2n1CC(=O)N(c1ccccc1)C(C)C. The summed E-state index contributed by atoms with van der Waals surface area (Å²) in [6, 6.07) is 17.2. The van der Waals surface area contributed by atoms with E-state index in [0.29, 0.717) is 12.2 Å². The Kier molecular flexibility index (Phi) is 6.87. The van der Waals surface area contributed by atoms with Gasteiger partial charge in [0.2, 0.25) is 11.8 Å². The van der Waals surface area contributed by atoms with Gasteiger partial charge in [0.15, 0.2) is 0 Å². The molecule has 6 nitrogen and oxygen atoms in total. The molecule has 0 saturated carbocycles. The Morgan fingerprint density at radius 2 is 1.70 bits per heavy atom. The number of carbonyl (C=O) groups excluding carboxylic acids is 2. The Morgan fingerprint density at radius 1 is 1.03 bits per heavy atom. The van der Waals surface area contributed by atoms with Crippen LogP contribution in [0.25, 0.3) is 11.0 Å². The van der Waals surface area contributed by atoms with Crippen molar-refractivity contribution in [3.63, 3.8) is 0 Å². The number of para-hydroxylation sites is 3. The summed E-state index contributed by atoms with van der Waals surface area (Å²) >= 11 is 0. The maximum atomic E-state index is 13.4. The van der Waals surface area contributed by atoms with E-state index in [1.54, 1.807) is 4.90 Å². The van der Waals surface area contributed by atoms with E-state index >= 15 is 0 Å². The van der Waals surface area contributed by atoms with Crippen LogP contribution in [0.1, 0.15) is 52.4 Å². The Balaban J connectivity index is 1.96. The molecule has 1 unspecified atom stereocenters. The number of rotatable bonds is 8. The normalized spacial score (nSPS) is 12.2. The second-order valence-electron chi connectivity index (χ2n) is 7.78. The van der Waals surface area contributed by atoms with E-state index < -0.39 is 0 Å². The zero-order chi connectivity index (χ0) is 21.7. The van der Waals surface area contributed by atoms with Crippen molar-refractivity contribution in [3.05, 3.63) is 60.4 Å². The second kappa shape index (κ2) is 9.57. The number of nitrogens with zero attached hydrogens (tertiary/aromatic N) is 3. The van der Waals surface area contributed by atoms with Gasteiger partial charge < -0.3 is 14.8 Å². The number of fused-ring (bicyclic) bond motifs is 1. The van der Waals surface area contributed by atoms with Crippen LogP contribution in [0.15, 0.2) is 54.6 Å². The summed E-state index contributed by atoms with van der Waals surface area (Å²) in [7, 11) is 0. The Hall–Kier alpha value is -3.15. The third kappa shape index (κ3) is 4.70. The van der Waals surface area contributed by atoms with Crippen LogP contribution in [0.2, 0.25) is 0 Å². The summed E-state index contributed by atoms with van der Waals surface area (Å²) in [4.78, 5) is 32.1. The van der Waals surface area contributed by atoms with E-state index in [-0.39, 0.29) is 30.4 Å². The summed E-state index contributed by atoms with van der Waals surface area (Å²) in [5.74, 6) is 0.654. The van der Waals surface area contributed by atoms with Crippen molar-refractivity contribution in [1.29, 1.82) is 0 Å². The van der Waals surface area contributed by atoms with E-state index in [4.69, 9.17) is 4.98 Å². The third-order valence-electron chi connectivity index (χ3n) is 5.04. The third-order valence-corrected chi connectivity index (χ3v) is 5.04. The fraction of sp³-hybridized carbons (Fsp3) is 0.375. The fourth-order valence-corrected chi connectivity index (χ4v) is 3.73. The highest BCUT2D eigenvalue weighted by Gasteiger charge is 2.24. The number of benzene rings is 2. The summed E-state index contributed by atoms with van der Waals surface area (Å²) in [5, 5.41) is 3.01. The molecule has 3 rings (SSSR count). The van der Waals surface area contributed by atoms with Crippen LogP contribution in [0, 0.1) is 0 Å². The number of amides is 2. The van der Waals surface area contributed by atoms with Gasteiger partial charge in [-0.05, 0) is 51.5 Å². The topological polar surface area (TPSA) is 67.2 Å². The van der Waals surface area contributed by atoms with Gasteiger partial charge in [0.25, 0.3) is 0 Å². The van der Waals surface area contributed by atoms with Gasteiger partial charge in [0.05, 0.1) is 17.1 Å². The molecule has 0 spiro atoms. The molecule has 6 heteroatoms. The summed E-state index contributed by atoms with van der Waals surface area (Å²) in [5.41, 5.74) is 2.56. The molecular formula is C24H30N4O2. The van der Waals surface area contributed by atoms with Gasteiger partial charge in [-0.1, -0.05) is 37.3 Å². The van der Waals surface area contributed by atoms with Crippen LogP contribution in [-0.2, 0) is 16.1 Å². The van der Waals surface area contributed by atoms with Crippen molar-refractivity contribution in [2.45, 2.75) is 59.2 Å². The van der Waals surface area contributed by atoms with E-state index in [9.17, 15) is 9.59 Å². The number of hydrogen-bond acceptors (Lipinski definition) is 3. The monoisotopic (exact) mass is 406 g/mol. The van der Waals surface area contributed by atoms with Crippen LogP contribution in [0.5, 0.6) is 0 Å². The molecule has 158 valence electrons.